The van der Waals surface area contributed by atoms with Crippen LogP contribution in [0.15, 0.2) is 90.2 Å². The van der Waals surface area contributed by atoms with Crippen LogP contribution in [0.2, 0.25) is 0 Å². The van der Waals surface area contributed by atoms with Crippen molar-refractivity contribution in [3.05, 3.63) is 95.8 Å². The lowest BCUT2D eigenvalue weighted by atomic mass is 9.92. The normalized spacial score (nSPS) is 18.8. The van der Waals surface area contributed by atoms with Gasteiger partial charge in [0.25, 0.3) is 0 Å². The quantitative estimate of drug-likeness (QED) is 0.779. The van der Waals surface area contributed by atoms with Gasteiger partial charge in [0.15, 0.2) is 0 Å². The van der Waals surface area contributed by atoms with Gasteiger partial charge in [0.2, 0.25) is 0 Å². The Labute approximate surface area is 130 Å². The molecule has 1 unspecified atom stereocenters. The molecule has 2 heteroatoms. The molecule has 2 aromatic rings. The van der Waals surface area contributed by atoms with Crippen molar-refractivity contribution in [3.63, 3.8) is 0 Å². The van der Waals surface area contributed by atoms with Gasteiger partial charge in [0.05, 0.1) is 5.92 Å². The first kappa shape index (κ1) is 14.1. The molecule has 0 N–H and O–H groups in total. The summed E-state index contributed by atoms with van der Waals surface area (Å²) in [6.07, 6.45) is 8.56. The van der Waals surface area contributed by atoms with Gasteiger partial charge in [-0.3, -0.25) is 0 Å². The van der Waals surface area contributed by atoms with E-state index in [4.69, 9.17) is 4.74 Å². The zero-order valence-electron chi connectivity index (χ0n) is 12.1. The lowest BCUT2D eigenvalue weighted by Gasteiger charge is -2.19. The Morgan fingerprint density at radius 3 is 2.27 bits per heavy atom. The van der Waals surface area contributed by atoms with Crippen molar-refractivity contribution in [1.29, 1.82) is 0 Å². The third-order valence-corrected chi connectivity index (χ3v) is 3.45. The molecule has 0 saturated heterocycles. The second-order valence-corrected chi connectivity index (χ2v) is 5.00. The molecular formula is C20H16O2. The molecule has 0 bridgehead atoms. The van der Waals surface area contributed by atoms with Crippen molar-refractivity contribution < 1.29 is 9.53 Å². The first-order valence-electron chi connectivity index (χ1n) is 7.20. The van der Waals surface area contributed by atoms with Crippen LogP contribution in [0.1, 0.15) is 5.56 Å². The molecule has 1 aliphatic carbocycles. The number of allylic oxidation sites excluding steroid dienone is 4. The monoisotopic (exact) mass is 288 g/mol. The number of carbonyl (C=O) groups is 1. The summed E-state index contributed by atoms with van der Waals surface area (Å²) in [5.41, 5.74) is 1.91. The number of para-hydroxylation sites is 1. The van der Waals surface area contributed by atoms with Gasteiger partial charge in [-0.2, -0.15) is 0 Å². The summed E-state index contributed by atoms with van der Waals surface area (Å²) in [4.78, 5) is 11.4. The van der Waals surface area contributed by atoms with E-state index in [2.05, 4.69) is 0 Å². The van der Waals surface area contributed by atoms with Gasteiger partial charge in [-0.25, -0.2) is 0 Å². The van der Waals surface area contributed by atoms with Crippen molar-refractivity contribution in [1.82, 2.24) is 0 Å². The fraction of sp³-hybridized carbons (Fsp3) is 0.0500. The lowest BCUT2D eigenvalue weighted by molar-refractivity contribution is -0.109. The van der Waals surface area contributed by atoms with Crippen molar-refractivity contribution in [3.8, 4) is 5.75 Å². The molecule has 0 aliphatic heterocycles. The standard InChI is InChI=1S/C20H16O2/c21-15-17-10-7-13-20(22-18-11-5-2-6-12-18)19(17)14-16-8-3-1-4-9-16/h1-15,17H. The molecule has 1 atom stereocenters. The van der Waals surface area contributed by atoms with Gasteiger partial charge in [-0.15, -0.1) is 0 Å². The Morgan fingerprint density at radius 2 is 1.59 bits per heavy atom. The summed E-state index contributed by atoms with van der Waals surface area (Å²) in [7, 11) is 0. The molecule has 0 radical (unpaired) electrons. The van der Waals surface area contributed by atoms with Gasteiger partial charge in [0, 0.05) is 5.57 Å². The van der Waals surface area contributed by atoms with E-state index in [1.807, 2.05) is 85.0 Å². The largest absolute Gasteiger partial charge is 0.457 e. The van der Waals surface area contributed by atoms with Crippen molar-refractivity contribution >= 4 is 12.4 Å². The van der Waals surface area contributed by atoms with Crippen LogP contribution in [0.5, 0.6) is 5.75 Å². The highest BCUT2D eigenvalue weighted by molar-refractivity contribution is 5.73. The summed E-state index contributed by atoms with van der Waals surface area (Å²) in [6.45, 7) is 0. The molecule has 0 spiro atoms. The summed E-state index contributed by atoms with van der Waals surface area (Å²) in [6, 6.07) is 19.5. The Morgan fingerprint density at radius 1 is 0.909 bits per heavy atom. The van der Waals surface area contributed by atoms with E-state index in [-0.39, 0.29) is 5.92 Å². The van der Waals surface area contributed by atoms with Gasteiger partial charge in [-0.1, -0.05) is 60.7 Å². The van der Waals surface area contributed by atoms with Crippen LogP contribution < -0.4 is 4.74 Å². The average molecular weight is 288 g/mol. The number of aldehydes is 1. The molecule has 2 aromatic carbocycles. The number of carbonyl (C=O) groups excluding carboxylic acids is 1. The van der Waals surface area contributed by atoms with E-state index in [0.29, 0.717) is 5.76 Å². The zero-order chi connectivity index (χ0) is 15.2. The third kappa shape index (κ3) is 3.23. The zero-order valence-corrected chi connectivity index (χ0v) is 12.1. The minimum Gasteiger partial charge on any atom is -0.457 e. The highest BCUT2D eigenvalue weighted by atomic mass is 16.5. The smallest absolute Gasteiger partial charge is 0.131 e. The van der Waals surface area contributed by atoms with E-state index < -0.39 is 0 Å². The summed E-state index contributed by atoms with van der Waals surface area (Å²) < 4.78 is 5.95. The van der Waals surface area contributed by atoms with Crippen molar-refractivity contribution in [2.45, 2.75) is 0 Å². The maximum atomic E-state index is 11.4. The number of hydrogen-bond acceptors (Lipinski definition) is 2. The van der Waals surface area contributed by atoms with Crippen LogP contribution in [0, 0.1) is 5.92 Å². The maximum Gasteiger partial charge on any atom is 0.131 e. The van der Waals surface area contributed by atoms with E-state index in [1.165, 1.54) is 0 Å². The maximum absolute atomic E-state index is 11.4. The first-order chi connectivity index (χ1) is 10.9. The Hall–Kier alpha value is -2.87. The lowest BCUT2D eigenvalue weighted by Crippen LogP contribution is -2.12. The number of hydrogen-bond donors (Lipinski definition) is 0. The SMILES string of the molecule is O=CC1C=CC=C(Oc2ccccc2)C1=Cc1ccccc1. The van der Waals surface area contributed by atoms with Crippen molar-refractivity contribution in [2.75, 3.05) is 0 Å². The molecule has 22 heavy (non-hydrogen) atoms. The summed E-state index contributed by atoms with van der Waals surface area (Å²) in [5.74, 6) is 1.17. The van der Waals surface area contributed by atoms with Gasteiger partial charge >= 0.3 is 0 Å². The fourth-order valence-corrected chi connectivity index (χ4v) is 2.35. The Kier molecular flexibility index (Phi) is 4.30. The molecule has 108 valence electrons. The first-order valence-corrected chi connectivity index (χ1v) is 7.20. The van der Waals surface area contributed by atoms with E-state index in [0.717, 1.165) is 23.2 Å². The second kappa shape index (κ2) is 6.72. The third-order valence-electron chi connectivity index (χ3n) is 3.45. The van der Waals surface area contributed by atoms with Crippen LogP contribution in [0.25, 0.3) is 6.08 Å². The van der Waals surface area contributed by atoms with Crippen LogP contribution in [-0.4, -0.2) is 6.29 Å². The predicted molar refractivity (Wildman–Crippen MR) is 88.3 cm³/mol. The van der Waals surface area contributed by atoms with Crippen LogP contribution in [0.4, 0.5) is 0 Å². The molecule has 0 saturated carbocycles. The Bertz CT molecular complexity index is 725. The van der Waals surface area contributed by atoms with E-state index >= 15 is 0 Å². The van der Waals surface area contributed by atoms with Gasteiger partial charge in [0.1, 0.15) is 17.8 Å². The molecule has 1 aliphatic rings. The van der Waals surface area contributed by atoms with E-state index in [1.54, 1.807) is 0 Å². The minimum absolute atomic E-state index is 0.288. The fourth-order valence-electron chi connectivity index (χ4n) is 2.35. The molecule has 2 nitrogen and oxygen atoms in total. The van der Waals surface area contributed by atoms with E-state index in [9.17, 15) is 4.79 Å². The molecule has 0 aromatic heterocycles. The highest BCUT2D eigenvalue weighted by Crippen LogP contribution is 2.29. The molecule has 0 fully saturated rings. The van der Waals surface area contributed by atoms with Crippen molar-refractivity contribution in [2.24, 2.45) is 5.92 Å². The van der Waals surface area contributed by atoms with Gasteiger partial charge in [-0.05, 0) is 29.8 Å². The number of ether oxygens (including phenoxy) is 1. The molecule has 0 amide bonds. The van der Waals surface area contributed by atoms with Crippen LogP contribution >= 0.6 is 0 Å². The van der Waals surface area contributed by atoms with Crippen LogP contribution in [0.3, 0.4) is 0 Å². The average Bonchev–Trinajstić information content (AvgIpc) is 2.58. The predicted octanol–water partition coefficient (Wildman–Crippen LogP) is 4.42. The molecular weight excluding hydrogens is 272 g/mol. The molecule has 3 rings (SSSR count). The topological polar surface area (TPSA) is 26.3 Å². The highest BCUT2D eigenvalue weighted by Gasteiger charge is 2.19. The molecule has 0 heterocycles. The summed E-state index contributed by atoms with van der Waals surface area (Å²) in [5, 5.41) is 0. The second-order valence-electron chi connectivity index (χ2n) is 5.00. The summed E-state index contributed by atoms with van der Waals surface area (Å²) >= 11 is 0. The Balaban J connectivity index is 1.95. The minimum atomic E-state index is -0.288. The number of benzene rings is 2. The van der Waals surface area contributed by atoms with Gasteiger partial charge < -0.3 is 9.53 Å². The van der Waals surface area contributed by atoms with Crippen LogP contribution in [-0.2, 0) is 4.79 Å². The number of rotatable bonds is 4.